The van der Waals surface area contributed by atoms with Gasteiger partial charge in [0.1, 0.15) is 0 Å². The zero-order chi connectivity index (χ0) is 22.7. The molecule has 2 amide bonds. The number of hydrogen-bond acceptors (Lipinski definition) is 4. The third kappa shape index (κ3) is 4.58. The molecule has 0 spiro atoms. The van der Waals surface area contributed by atoms with Gasteiger partial charge in [-0.25, -0.2) is 4.68 Å². The van der Waals surface area contributed by atoms with E-state index in [0.29, 0.717) is 22.0 Å². The van der Waals surface area contributed by atoms with Crippen molar-refractivity contribution < 1.29 is 14.0 Å². The molecule has 0 aliphatic heterocycles. The Morgan fingerprint density at radius 3 is 2.34 bits per heavy atom. The standard InChI is InChI=1S/C24H21ClN4O3/c1-15(2)22-20(14-26-29(22)19-9-3-6-16(25)12-19)23(30)27-17-7-4-8-18(13-17)28-24(31)21-10-5-11-32-21/h3-15H,1-2H3,(H,27,30)(H,28,31). The summed E-state index contributed by atoms with van der Waals surface area (Å²) in [5.74, 6) is -0.426. The van der Waals surface area contributed by atoms with Crippen LogP contribution in [0.3, 0.4) is 0 Å². The first-order valence-electron chi connectivity index (χ1n) is 10.0. The van der Waals surface area contributed by atoms with Gasteiger partial charge in [0, 0.05) is 16.4 Å². The van der Waals surface area contributed by atoms with E-state index in [4.69, 9.17) is 16.0 Å². The van der Waals surface area contributed by atoms with Gasteiger partial charge in [-0.15, -0.1) is 0 Å². The van der Waals surface area contributed by atoms with E-state index in [0.717, 1.165) is 11.4 Å². The average Bonchev–Trinajstić information content (AvgIpc) is 3.44. The van der Waals surface area contributed by atoms with Gasteiger partial charge in [0.25, 0.3) is 11.8 Å². The number of benzene rings is 2. The maximum absolute atomic E-state index is 13.1. The minimum absolute atomic E-state index is 0.0381. The largest absolute Gasteiger partial charge is 0.459 e. The van der Waals surface area contributed by atoms with Crippen LogP contribution in [0.5, 0.6) is 0 Å². The highest BCUT2D eigenvalue weighted by Crippen LogP contribution is 2.26. The van der Waals surface area contributed by atoms with Gasteiger partial charge in [-0.1, -0.05) is 37.6 Å². The van der Waals surface area contributed by atoms with Crippen LogP contribution >= 0.6 is 11.6 Å². The molecule has 2 N–H and O–H groups in total. The lowest BCUT2D eigenvalue weighted by atomic mass is 10.0. The molecule has 162 valence electrons. The van der Waals surface area contributed by atoms with E-state index in [2.05, 4.69) is 15.7 Å². The molecule has 7 nitrogen and oxygen atoms in total. The predicted molar refractivity (Wildman–Crippen MR) is 124 cm³/mol. The average molecular weight is 449 g/mol. The summed E-state index contributed by atoms with van der Waals surface area (Å²) in [4.78, 5) is 25.3. The summed E-state index contributed by atoms with van der Waals surface area (Å²) in [6.07, 6.45) is 2.98. The second-order valence-electron chi connectivity index (χ2n) is 7.46. The summed E-state index contributed by atoms with van der Waals surface area (Å²) in [6, 6.07) is 17.4. The summed E-state index contributed by atoms with van der Waals surface area (Å²) >= 11 is 6.13. The minimum atomic E-state index is -0.372. The van der Waals surface area contributed by atoms with E-state index in [1.54, 1.807) is 59.4 Å². The molecule has 2 heterocycles. The third-order valence-electron chi connectivity index (χ3n) is 4.77. The number of hydrogen-bond donors (Lipinski definition) is 2. The van der Waals surface area contributed by atoms with E-state index >= 15 is 0 Å². The number of anilines is 2. The molecule has 0 fully saturated rings. The molecule has 0 saturated carbocycles. The van der Waals surface area contributed by atoms with Gasteiger partial charge in [-0.2, -0.15) is 5.10 Å². The first-order chi connectivity index (χ1) is 15.4. The molecule has 0 atom stereocenters. The van der Waals surface area contributed by atoms with Crippen molar-refractivity contribution in [3.05, 3.63) is 95.2 Å². The molecule has 0 bridgehead atoms. The zero-order valence-corrected chi connectivity index (χ0v) is 18.3. The fraction of sp³-hybridized carbons (Fsp3) is 0.125. The Kier molecular flexibility index (Phi) is 6.09. The Balaban J connectivity index is 1.56. The van der Waals surface area contributed by atoms with Crippen molar-refractivity contribution in [1.82, 2.24) is 9.78 Å². The van der Waals surface area contributed by atoms with Crippen LogP contribution in [0, 0.1) is 0 Å². The highest BCUT2D eigenvalue weighted by molar-refractivity contribution is 6.30. The van der Waals surface area contributed by atoms with E-state index < -0.39 is 0 Å². The van der Waals surface area contributed by atoms with Gasteiger partial charge >= 0.3 is 0 Å². The molecule has 0 saturated heterocycles. The van der Waals surface area contributed by atoms with Crippen molar-refractivity contribution >= 4 is 34.8 Å². The first-order valence-corrected chi connectivity index (χ1v) is 10.4. The summed E-state index contributed by atoms with van der Waals surface area (Å²) in [5, 5.41) is 10.6. The van der Waals surface area contributed by atoms with Crippen LogP contribution in [0.4, 0.5) is 11.4 Å². The summed E-state index contributed by atoms with van der Waals surface area (Å²) in [5.41, 5.74) is 3.08. The SMILES string of the molecule is CC(C)c1c(C(=O)Nc2cccc(NC(=O)c3ccco3)c2)cnn1-c1cccc(Cl)c1. The highest BCUT2D eigenvalue weighted by atomic mass is 35.5. The van der Waals surface area contributed by atoms with Crippen LogP contribution < -0.4 is 10.6 Å². The van der Waals surface area contributed by atoms with Crippen molar-refractivity contribution in [2.75, 3.05) is 10.6 Å². The van der Waals surface area contributed by atoms with Crippen molar-refractivity contribution in [3.63, 3.8) is 0 Å². The molecule has 0 aliphatic rings. The van der Waals surface area contributed by atoms with Crippen molar-refractivity contribution in [2.24, 2.45) is 0 Å². The molecule has 4 rings (SSSR count). The Bertz CT molecular complexity index is 1260. The van der Waals surface area contributed by atoms with Crippen molar-refractivity contribution in [3.8, 4) is 5.69 Å². The number of halogens is 1. The van der Waals surface area contributed by atoms with E-state index in [9.17, 15) is 9.59 Å². The summed E-state index contributed by atoms with van der Waals surface area (Å²) < 4.78 is 6.83. The lowest BCUT2D eigenvalue weighted by Gasteiger charge is -2.13. The molecule has 8 heteroatoms. The number of carbonyl (C=O) groups excluding carboxylic acids is 2. The summed E-state index contributed by atoms with van der Waals surface area (Å²) in [7, 11) is 0. The molecular formula is C24H21ClN4O3. The van der Waals surface area contributed by atoms with Crippen LogP contribution in [-0.4, -0.2) is 21.6 Å². The van der Waals surface area contributed by atoms with E-state index in [-0.39, 0.29) is 23.5 Å². The maximum atomic E-state index is 13.1. The van der Waals surface area contributed by atoms with Crippen LogP contribution in [0.2, 0.25) is 5.02 Å². The van der Waals surface area contributed by atoms with Crippen LogP contribution in [0.1, 0.15) is 46.4 Å². The lowest BCUT2D eigenvalue weighted by Crippen LogP contribution is -2.16. The number of aromatic nitrogens is 2. The van der Waals surface area contributed by atoms with Crippen molar-refractivity contribution in [1.29, 1.82) is 0 Å². The normalized spacial score (nSPS) is 10.9. The molecule has 0 aliphatic carbocycles. The van der Waals surface area contributed by atoms with Gasteiger partial charge < -0.3 is 15.1 Å². The Morgan fingerprint density at radius 1 is 0.969 bits per heavy atom. The smallest absolute Gasteiger partial charge is 0.291 e. The Morgan fingerprint density at radius 2 is 1.69 bits per heavy atom. The van der Waals surface area contributed by atoms with Gasteiger partial charge in [0.15, 0.2) is 5.76 Å². The monoisotopic (exact) mass is 448 g/mol. The summed E-state index contributed by atoms with van der Waals surface area (Å²) in [6.45, 7) is 4.00. The number of nitrogens with one attached hydrogen (secondary N) is 2. The number of carbonyl (C=O) groups is 2. The second-order valence-corrected chi connectivity index (χ2v) is 7.89. The quantitative estimate of drug-likeness (QED) is 0.393. The fourth-order valence-corrected chi connectivity index (χ4v) is 3.56. The molecule has 2 aromatic heterocycles. The molecule has 0 radical (unpaired) electrons. The number of amides is 2. The zero-order valence-electron chi connectivity index (χ0n) is 17.5. The first kappa shape index (κ1) is 21.4. The topological polar surface area (TPSA) is 89.2 Å². The molecule has 2 aromatic carbocycles. The van der Waals surface area contributed by atoms with Crippen LogP contribution in [0.25, 0.3) is 5.69 Å². The Hall–Kier alpha value is -3.84. The molecule has 4 aromatic rings. The molecule has 32 heavy (non-hydrogen) atoms. The Labute approximate surface area is 190 Å². The fourth-order valence-electron chi connectivity index (χ4n) is 3.38. The van der Waals surface area contributed by atoms with Gasteiger partial charge in [0.2, 0.25) is 0 Å². The van der Waals surface area contributed by atoms with E-state index in [1.165, 1.54) is 6.26 Å². The van der Waals surface area contributed by atoms with Gasteiger partial charge in [-0.3, -0.25) is 9.59 Å². The second kappa shape index (κ2) is 9.11. The van der Waals surface area contributed by atoms with Crippen LogP contribution in [-0.2, 0) is 0 Å². The minimum Gasteiger partial charge on any atom is -0.459 e. The third-order valence-corrected chi connectivity index (χ3v) is 5.01. The number of nitrogens with zero attached hydrogens (tertiary/aromatic N) is 2. The lowest BCUT2D eigenvalue weighted by molar-refractivity contribution is 0.0995. The molecular weight excluding hydrogens is 428 g/mol. The van der Waals surface area contributed by atoms with Crippen LogP contribution in [0.15, 0.2) is 77.5 Å². The van der Waals surface area contributed by atoms with Gasteiger partial charge in [-0.05, 0) is 54.4 Å². The van der Waals surface area contributed by atoms with Gasteiger partial charge in [0.05, 0.1) is 29.4 Å². The maximum Gasteiger partial charge on any atom is 0.291 e. The number of rotatable bonds is 6. The van der Waals surface area contributed by atoms with Crippen molar-refractivity contribution in [2.45, 2.75) is 19.8 Å². The highest BCUT2D eigenvalue weighted by Gasteiger charge is 2.21. The number of furan rings is 1. The molecule has 0 unspecified atom stereocenters. The predicted octanol–water partition coefficient (Wildman–Crippen LogP) is 5.75. The van der Waals surface area contributed by atoms with E-state index in [1.807, 2.05) is 26.0 Å².